The summed E-state index contributed by atoms with van der Waals surface area (Å²) in [5, 5.41) is 0. The molecule has 1 amide bonds. The molecule has 0 N–H and O–H groups in total. The van der Waals surface area contributed by atoms with Crippen LogP contribution in [-0.2, 0) is 21.2 Å². The largest absolute Gasteiger partial charge is 0.342 e. The first-order valence-corrected chi connectivity index (χ1v) is 11.1. The molecular weight excluding hydrogens is 344 g/mol. The average Bonchev–Trinajstić information content (AvgIpc) is 3.05. The summed E-state index contributed by atoms with van der Waals surface area (Å²) in [5.41, 5.74) is 0. The summed E-state index contributed by atoms with van der Waals surface area (Å²) < 4.78 is 27.4. The Morgan fingerprint density at radius 1 is 1.12 bits per heavy atom. The molecule has 0 spiro atoms. The molecule has 0 saturated carbocycles. The van der Waals surface area contributed by atoms with Crippen molar-refractivity contribution in [2.75, 3.05) is 26.2 Å². The summed E-state index contributed by atoms with van der Waals surface area (Å²) >= 11 is 1.25. The van der Waals surface area contributed by atoms with Crippen LogP contribution in [0.2, 0.25) is 0 Å². The van der Waals surface area contributed by atoms with E-state index >= 15 is 0 Å². The van der Waals surface area contributed by atoms with Crippen molar-refractivity contribution < 1.29 is 13.2 Å². The number of carbonyl (C=O) groups is 1. The monoisotopic (exact) mass is 370 g/mol. The van der Waals surface area contributed by atoms with Crippen LogP contribution in [0.5, 0.6) is 0 Å². The van der Waals surface area contributed by atoms with Crippen LogP contribution in [0.3, 0.4) is 0 Å². The maximum absolute atomic E-state index is 12.7. The Balaban J connectivity index is 1.65. The van der Waals surface area contributed by atoms with Crippen molar-refractivity contribution in [1.29, 1.82) is 0 Å². The molecule has 0 bridgehead atoms. The Hall–Kier alpha value is -0.920. The number of carbonyl (C=O) groups excluding carboxylic acids is 1. The number of hydrogen-bond acceptors (Lipinski definition) is 4. The van der Waals surface area contributed by atoms with Gasteiger partial charge in [0.05, 0.1) is 6.42 Å². The van der Waals surface area contributed by atoms with E-state index in [-0.39, 0.29) is 5.91 Å². The fourth-order valence-corrected chi connectivity index (χ4v) is 6.32. The molecule has 0 aromatic carbocycles. The van der Waals surface area contributed by atoms with Gasteiger partial charge in [0.15, 0.2) is 0 Å². The highest BCUT2D eigenvalue weighted by Crippen LogP contribution is 2.29. The maximum Gasteiger partial charge on any atom is 0.252 e. The van der Waals surface area contributed by atoms with Gasteiger partial charge >= 0.3 is 0 Å². The molecule has 5 nitrogen and oxygen atoms in total. The van der Waals surface area contributed by atoms with Gasteiger partial charge in [-0.15, -0.1) is 11.3 Å². The minimum atomic E-state index is -3.40. The second kappa shape index (κ2) is 7.54. The molecule has 7 heteroatoms. The van der Waals surface area contributed by atoms with E-state index in [0.29, 0.717) is 29.6 Å². The molecule has 0 atom stereocenters. The molecule has 134 valence electrons. The molecule has 2 aliphatic rings. The fraction of sp³-hybridized carbons (Fsp3) is 0.706. The highest BCUT2D eigenvalue weighted by atomic mass is 32.2. The first kappa shape index (κ1) is 17.9. The van der Waals surface area contributed by atoms with Gasteiger partial charge in [0.1, 0.15) is 4.21 Å². The molecule has 0 unspecified atom stereocenters. The zero-order valence-corrected chi connectivity index (χ0v) is 15.9. The highest BCUT2D eigenvalue weighted by molar-refractivity contribution is 7.91. The summed E-state index contributed by atoms with van der Waals surface area (Å²) in [6.45, 7) is 5.04. The number of likely N-dealkylation sites (tertiary alicyclic amines) is 1. The quantitative estimate of drug-likeness (QED) is 0.819. The van der Waals surface area contributed by atoms with Gasteiger partial charge < -0.3 is 4.90 Å². The Morgan fingerprint density at radius 2 is 1.79 bits per heavy atom. The predicted octanol–water partition coefficient (Wildman–Crippen LogP) is 2.72. The van der Waals surface area contributed by atoms with Crippen LogP contribution in [0, 0.1) is 5.92 Å². The van der Waals surface area contributed by atoms with Crippen LogP contribution in [-0.4, -0.2) is 49.7 Å². The average molecular weight is 371 g/mol. The summed E-state index contributed by atoms with van der Waals surface area (Å²) in [4.78, 5) is 15.1. The van der Waals surface area contributed by atoms with E-state index in [1.165, 1.54) is 17.8 Å². The van der Waals surface area contributed by atoms with Gasteiger partial charge in [0.2, 0.25) is 5.91 Å². The number of piperidine rings is 2. The molecule has 3 heterocycles. The van der Waals surface area contributed by atoms with E-state index in [1.807, 2.05) is 4.90 Å². The van der Waals surface area contributed by atoms with Crippen molar-refractivity contribution in [2.45, 2.75) is 49.7 Å². The second-order valence-corrected chi connectivity index (χ2v) is 10.3. The van der Waals surface area contributed by atoms with Crippen LogP contribution in [0.1, 0.15) is 43.9 Å². The minimum absolute atomic E-state index is 0.118. The van der Waals surface area contributed by atoms with Gasteiger partial charge in [-0.3, -0.25) is 4.79 Å². The van der Waals surface area contributed by atoms with Crippen molar-refractivity contribution >= 4 is 27.3 Å². The lowest BCUT2D eigenvalue weighted by Gasteiger charge is -2.28. The highest BCUT2D eigenvalue weighted by Gasteiger charge is 2.29. The number of amides is 1. The third-order valence-electron chi connectivity index (χ3n) is 5.01. The van der Waals surface area contributed by atoms with E-state index in [1.54, 1.807) is 16.4 Å². The summed E-state index contributed by atoms with van der Waals surface area (Å²) in [5.74, 6) is 0.713. The van der Waals surface area contributed by atoms with Crippen LogP contribution >= 0.6 is 11.3 Å². The topological polar surface area (TPSA) is 57.7 Å². The predicted molar refractivity (Wildman–Crippen MR) is 95.6 cm³/mol. The maximum atomic E-state index is 12.7. The van der Waals surface area contributed by atoms with Gasteiger partial charge in [-0.2, -0.15) is 4.31 Å². The lowest BCUT2D eigenvalue weighted by molar-refractivity contribution is -0.131. The number of sulfonamides is 1. The Bertz CT molecular complexity index is 670. The van der Waals surface area contributed by atoms with Gasteiger partial charge in [-0.05, 0) is 50.2 Å². The number of thiophene rings is 1. The third-order valence-corrected chi connectivity index (χ3v) is 8.46. The summed E-state index contributed by atoms with van der Waals surface area (Å²) in [6.07, 6.45) is 5.50. The third kappa shape index (κ3) is 4.00. The standard InChI is InChI=1S/C17H26N2O3S2/c1-14-7-11-19(12-8-14)24(21,22)17-6-5-15(23-17)13-16(20)18-9-3-2-4-10-18/h5-6,14H,2-4,7-13H2,1H3. The molecule has 0 aliphatic carbocycles. The first-order chi connectivity index (χ1) is 11.5. The van der Waals surface area contributed by atoms with Crippen LogP contribution in [0.25, 0.3) is 0 Å². The minimum Gasteiger partial charge on any atom is -0.342 e. The van der Waals surface area contributed by atoms with Crippen molar-refractivity contribution in [3.8, 4) is 0 Å². The zero-order valence-electron chi connectivity index (χ0n) is 14.2. The number of hydrogen-bond donors (Lipinski definition) is 0. The van der Waals surface area contributed by atoms with E-state index < -0.39 is 10.0 Å². The fourth-order valence-electron chi connectivity index (χ4n) is 3.35. The summed E-state index contributed by atoms with van der Waals surface area (Å²) in [7, 11) is -3.40. The first-order valence-electron chi connectivity index (χ1n) is 8.83. The second-order valence-electron chi connectivity index (χ2n) is 6.93. The molecule has 3 rings (SSSR count). The lowest BCUT2D eigenvalue weighted by atomic mass is 10.0. The Kier molecular flexibility index (Phi) is 5.62. The number of rotatable bonds is 4. The van der Waals surface area contributed by atoms with Crippen molar-refractivity contribution in [2.24, 2.45) is 5.92 Å². The SMILES string of the molecule is CC1CCN(S(=O)(=O)c2ccc(CC(=O)N3CCCCC3)s2)CC1. The van der Waals surface area contributed by atoms with Crippen LogP contribution in [0.15, 0.2) is 16.3 Å². The Labute approximate surface area is 148 Å². The summed E-state index contributed by atoms with van der Waals surface area (Å²) in [6, 6.07) is 3.46. The molecular formula is C17H26N2O3S2. The zero-order chi connectivity index (χ0) is 17.2. The molecule has 2 saturated heterocycles. The van der Waals surface area contributed by atoms with Crippen molar-refractivity contribution in [1.82, 2.24) is 9.21 Å². The smallest absolute Gasteiger partial charge is 0.252 e. The van der Waals surface area contributed by atoms with E-state index in [2.05, 4.69) is 6.92 Å². The molecule has 2 aliphatic heterocycles. The Morgan fingerprint density at radius 3 is 2.46 bits per heavy atom. The van der Waals surface area contributed by atoms with Crippen molar-refractivity contribution in [3.05, 3.63) is 17.0 Å². The van der Waals surface area contributed by atoms with Crippen LogP contribution in [0.4, 0.5) is 0 Å². The molecule has 24 heavy (non-hydrogen) atoms. The van der Waals surface area contributed by atoms with E-state index in [0.717, 1.165) is 43.6 Å². The van der Waals surface area contributed by atoms with Gasteiger partial charge in [-0.25, -0.2) is 8.42 Å². The van der Waals surface area contributed by atoms with Gasteiger partial charge in [-0.1, -0.05) is 6.92 Å². The molecule has 0 radical (unpaired) electrons. The van der Waals surface area contributed by atoms with E-state index in [9.17, 15) is 13.2 Å². The lowest BCUT2D eigenvalue weighted by Crippen LogP contribution is -2.37. The van der Waals surface area contributed by atoms with Crippen LogP contribution < -0.4 is 0 Å². The van der Waals surface area contributed by atoms with Gasteiger partial charge in [0.25, 0.3) is 10.0 Å². The normalized spacial score (nSPS) is 21.1. The van der Waals surface area contributed by atoms with E-state index in [4.69, 9.17) is 0 Å². The molecule has 1 aromatic heterocycles. The van der Waals surface area contributed by atoms with Gasteiger partial charge in [0, 0.05) is 31.1 Å². The van der Waals surface area contributed by atoms with Crippen molar-refractivity contribution in [3.63, 3.8) is 0 Å². The molecule has 2 fully saturated rings. The molecule has 1 aromatic rings. The number of nitrogens with zero attached hydrogens (tertiary/aromatic N) is 2.